The molecule has 1 aliphatic rings. The topological polar surface area (TPSA) is 207 Å². The second kappa shape index (κ2) is 23.7. The molecular formula is C44H60N4O12. The van der Waals surface area contributed by atoms with Crippen LogP contribution >= 0.6 is 0 Å². The molecule has 4 rings (SSSR count). The Bertz CT molecular complexity index is 1910. The van der Waals surface area contributed by atoms with Crippen molar-refractivity contribution in [2.75, 3.05) is 28.4 Å². The standard InChI is InChI=1S/C44H60N4O12/c1-27-13-9-10-17-40-45-33(24-57-40)43-47-34(25-59-43)44-46-32(23-58-44)42(56-8)30(4)35(51)15-11-14-31(50)21-41(53)60-39(27)22-38(55-7)28(2)18-19-36(52)29(3)37(54-6)16-12-20-48(5)26-49/h10-12,15,17,20,23-31,37-39,42,50H,9,13-14,16,18-19,21-22H2,1-8H3/b15-11-,17-10+,20-12+. The van der Waals surface area contributed by atoms with Gasteiger partial charge in [0.1, 0.15) is 42.5 Å². The van der Waals surface area contributed by atoms with Crippen LogP contribution in [-0.2, 0) is 38.1 Å². The summed E-state index contributed by atoms with van der Waals surface area (Å²) in [7, 11) is 6.27. The lowest BCUT2D eigenvalue weighted by Gasteiger charge is -2.31. The van der Waals surface area contributed by atoms with E-state index in [1.165, 1.54) is 43.0 Å². The van der Waals surface area contributed by atoms with Gasteiger partial charge >= 0.3 is 5.97 Å². The lowest BCUT2D eigenvalue weighted by Crippen LogP contribution is -2.34. The van der Waals surface area contributed by atoms with Crippen LogP contribution in [-0.4, -0.2) is 102 Å². The van der Waals surface area contributed by atoms with E-state index >= 15 is 0 Å². The SMILES string of the molecule is COC(CC1OC(=O)CC(O)C/C=C\C(=O)C(C)C(OC)c2coc(n2)-c2coc(n2)-c2coc(n2)/C=C/CCC1C)C(C)CCC(=O)C(C)C(C/C=C/N(C)C=O)OC. The molecule has 60 heavy (non-hydrogen) atoms. The van der Waals surface area contributed by atoms with E-state index in [4.69, 9.17) is 32.2 Å². The number of Topliss-reactive ketones (excluding diaryl/α,β-unsaturated/α-hetero) is 1. The highest BCUT2D eigenvalue weighted by Gasteiger charge is 2.31. The van der Waals surface area contributed by atoms with Crippen LogP contribution in [0.4, 0.5) is 0 Å². The first-order valence-corrected chi connectivity index (χ1v) is 20.3. The van der Waals surface area contributed by atoms with Gasteiger partial charge in [-0.2, -0.15) is 0 Å². The molecule has 6 bridgehead atoms. The van der Waals surface area contributed by atoms with Crippen LogP contribution in [0.3, 0.4) is 0 Å². The van der Waals surface area contributed by atoms with Crippen LogP contribution in [0.5, 0.6) is 0 Å². The molecule has 9 unspecified atom stereocenters. The Morgan fingerprint density at radius 1 is 0.967 bits per heavy atom. The van der Waals surface area contributed by atoms with Crippen molar-refractivity contribution in [3.63, 3.8) is 0 Å². The summed E-state index contributed by atoms with van der Waals surface area (Å²) in [4.78, 5) is 65.5. The van der Waals surface area contributed by atoms with Gasteiger partial charge in [0.25, 0.3) is 0 Å². The number of ketones is 2. The molecule has 3 aromatic rings. The molecule has 1 aliphatic heterocycles. The largest absolute Gasteiger partial charge is 0.462 e. The van der Waals surface area contributed by atoms with Gasteiger partial charge in [0.05, 0.1) is 30.7 Å². The normalized spacial score (nSPS) is 24.1. The Labute approximate surface area is 351 Å². The van der Waals surface area contributed by atoms with Crippen molar-refractivity contribution in [2.24, 2.45) is 23.7 Å². The van der Waals surface area contributed by atoms with E-state index in [-0.39, 0.29) is 66.2 Å². The number of aliphatic hydroxyl groups is 1. The number of carbonyl (C=O) groups is 4. The number of ether oxygens (including phenoxy) is 4. The fourth-order valence-electron chi connectivity index (χ4n) is 7.01. The van der Waals surface area contributed by atoms with Crippen molar-refractivity contribution in [2.45, 2.75) is 110 Å². The third kappa shape index (κ3) is 13.8. The summed E-state index contributed by atoms with van der Waals surface area (Å²) in [5.41, 5.74) is 1.07. The Morgan fingerprint density at radius 3 is 2.38 bits per heavy atom. The average Bonchev–Trinajstić information content (AvgIpc) is 4.03. The Hall–Kier alpha value is -5.03. The first-order chi connectivity index (χ1) is 28.8. The van der Waals surface area contributed by atoms with Crippen LogP contribution in [0, 0.1) is 23.7 Å². The van der Waals surface area contributed by atoms with Gasteiger partial charge in [-0.05, 0) is 56.1 Å². The van der Waals surface area contributed by atoms with E-state index in [2.05, 4.69) is 15.0 Å². The van der Waals surface area contributed by atoms with E-state index in [9.17, 15) is 24.3 Å². The maximum Gasteiger partial charge on any atom is 0.308 e. The quantitative estimate of drug-likeness (QED) is 0.121. The third-order valence-electron chi connectivity index (χ3n) is 11.0. The molecular weight excluding hydrogens is 776 g/mol. The van der Waals surface area contributed by atoms with Gasteiger partial charge in [-0.25, -0.2) is 15.0 Å². The zero-order valence-electron chi connectivity index (χ0n) is 35.9. The number of methoxy groups -OCH3 is 3. The van der Waals surface area contributed by atoms with Gasteiger partial charge in [0.2, 0.25) is 24.1 Å². The van der Waals surface area contributed by atoms with E-state index < -0.39 is 30.2 Å². The van der Waals surface area contributed by atoms with Crippen LogP contribution in [0.2, 0.25) is 0 Å². The molecule has 3 aromatic heterocycles. The summed E-state index contributed by atoms with van der Waals surface area (Å²) in [6, 6.07) is 0. The molecule has 0 saturated heterocycles. The minimum Gasteiger partial charge on any atom is -0.462 e. The molecule has 0 spiro atoms. The maximum absolute atomic E-state index is 13.3. The van der Waals surface area contributed by atoms with Gasteiger partial charge in [-0.3, -0.25) is 19.2 Å². The zero-order valence-corrected chi connectivity index (χ0v) is 35.9. The number of hydrogen-bond acceptors (Lipinski definition) is 15. The van der Waals surface area contributed by atoms with Gasteiger partial charge < -0.3 is 42.2 Å². The van der Waals surface area contributed by atoms with Crippen molar-refractivity contribution >= 4 is 30.0 Å². The summed E-state index contributed by atoms with van der Waals surface area (Å²) in [6.07, 6.45) is 14.5. The fraction of sp³-hybridized carbons (Fsp3) is 0.568. The van der Waals surface area contributed by atoms with Crippen molar-refractivity contribution < 1.29 is 56.5 Å². The van der Waals surface area contributed by atoms with Gasteiger partial charge in [0.15, 0.2) is 17.2 Å². The number of cyclic esters (lactones) is 1. The molecule has 1 amide bonds. The summed E-state index contributed by atoms with van der Waals surface area (Å²) in [5, 5.41) is 10.8. The maximum atomic E-state index is 13.3. The van der Waals surface area contributed by atoms with E-state index in [1.54, 1.807) is 46.5 Å². The highest BCUT2D eigenvalue weighted by atomic mass is 16.5. The lowest BCUT2D eigenvalue weighted by atomic mass is 9.86. The van der Waals surface area contributed by atoms with Crippen LogP contribution < -0.4 is 0 Å². The van der Waals surface area contributed by atoms with E-state index in [1.807, 2.05) is 26.8 Å². The van der Waals surface area contributed by atoms with Crippen molar-refractivity contribution in [1.29, 1.82) is 0 Å². The highest BCUT2D eigenvalue weighted by Crippen LogP contribution is 2.31. The number of nitrogens with zero attached hydrogens (tertiary/aromatic N) is 4. The number of amides is 1. The molecule has 0 aromatic carbocycles. The molecule has 0 radical (unpaired) electrons. The van der Waals surface area contributed by atoms with E-state index in [0.29, 0.717) is 67.9 Å². The number of carbonyl (C=O) groups excluding carboxylic acids is 4. The Morgan fingerprint density at radius 2 is 1.67 bits per heavy atom. The number of aliphatic hydroxyl groups excluding tert-OH is 1. The van der Waals surface area contributed by atoms with Crippen LogP contribution in [0.1, 0.15) is 96.8 Å². The number of esters is 1. The highest BCUT2D eigenvalue weighted by molar-refractivity contribution is 5.92. The second-order valence-electron chi connectivity index (χ2n) is 15.5. The van der Waals surface area contributed by atoms with Gasteiger partial charge in [0, 0.05) is 53.3 Å². The molecule has 0 fully saturated rings. The summed E-state index contributed by atoms with van der Waals surface area (Å²) >= 11 is 0. The zero-order chi connectivity index (χ0) is 43.8. The molecule has 328 valence electrons. The summed E-state index contributed by atoms with van der Waals surface area (Å²) in [6.45, 7) is 7.54. The van der Waals surface area contributed by atoms with Gasteiger partial charge in [-0.15, -0.1) is 0 Å². The first kappa shape index (κ1) is 47.6. The predicted octanol–water partition coefficient (Wildman–Crippen LogP) is 6.96. The predicted molar refractivity (Wildman–Crippen MR) is 219 cm³/mol. The molecule has 16 heteroatoms. The summed E-state index contributed by atoms with van der Waals surface area (Å²) < 4.78 is 40.2. The smallest absolute Gasteiger partial charge is 0.308 e. The van der Waals surface area contributed by atoms with E-state index in [0.717, 1.165) is 0 Å². The molecule has 0 saturated carbocycles. The number of rotatable bonds is 15. The second-order valence-corrected chi connectivity index (χ2v) is 15.5. The molecule has 4 heterocycles. The van der Waals surface area contributed by atoms with Gasteiger partial charge in [-0.1, -0.05) is 45.9 Å². The number of hydrogen-bond donors (Lipinski definition) is 1. The van der Waals surface area contributed by atoms with Crippen LogP contribution in [0.15, 0.2) is 62.5 Å². The lowest BCUT2D eigenvalue weighted by molar-refractivity contribution is -0.156. The minimum absolute atomic E-state index is 0.0431. The van der Waals surface area contributed by atoms with Crippen molar-refractivity contribution in [3.05, 3.63) is 60.9 Å². The number of allylic oxidation sites excluding steroid dienone is 2. The summed E-state index contributed by atoms with van der Waals surface area (Å²) in [5.74, 6) is -1.32. The number of oxazole rings is 3. The molecule has 0 aliphatic carbocycles. The molecule has 9 atom stereocenters. The number of aromatic nitrogens is 3. The van der Waals surface area contributed by atoms with Crippen molar-refractivity contribution in [3.8, 4) is 23.2 Å². The number of fused-ring (bicyclic) bond motifs is 8. The third-order valence-corrected chi connectivity index (χ3v) is 11.0. The Balaban J connectivity index is 1.48. The average molecular weight is 837 g/mol. The Kier molecular flexibility index (Phi) is 18.8. The monoisotopic (exact) mass is 836 g/mol. The van der Waals surface area contributed by atoms with Crippen molar-refractivity contribution in [1.82, 2.24) is 19.9 Å². The molecule has 1 N–H and O–H groups in total. The first-order valence-electron chi connectivity index (χ1n) is 20.3. The fourth-order valence-corrected chi connectivity index (χ4v) is 7.01. The molecule has 16 nitrogen and oxygen atoms in total. The minimum atomic E-state index is -1.10. The van der Waals surface area contributed by atoms with Crippen LogP contribution in [0.25, 0.3) is 29.2 Å².